The number of furan rings is 1. The lowest BCUT2D eigenvalue weighted by atomic mass is 10.2. The summed E-state index contributed by atoms with van der Waals surface area (Å²) in [6.45, 7) is 2.92. The second-order valence-electron chi connectivity index (χ2n) is 5.18. The summed E-state index contributed by atoms with van der Waals surface area (Å²) < 4.78 is 5.58. The molecule has 0 aliphatic heterocycles. The van der Waals surface area contributed by atoms with Gasteiger partial charge in [0, 0.05) is 13.1 Å². The molecule has 0 fully saturated rings. The Morgan fingerprint density at radius 1 is 1.13 bits per heavy atom. The lowest BCUT2D eigenvalue weighted by Gasteiger charge is -2.21. The van der Waals surface area contributed by atoms with Crippen LogP contribution in [0.25, 0.3) is 11.5 Å². The predicted octanol–water partition coefficient (Wildman–Crippen LogP) is 2.44. The summed E-state index contributed by atoms with van der Waals surface area (Å²) in [5.74, 6) is 1.94. The second-order valence-corrected chi connectivity index (χ2v) is 5.18. The zero-order valence-corrected chi connectivity index (χ0v) is 12.9. The first-order chi connectivity index (χ1) is 11.3. The van der Waals surface area contributed by atoms with Crippen LogP contribution in [0, 0.1) is 6.92 Å². The number of nitrogens with zero attached hydrogens (tertiary/aromatic N) is 4. The van der Waals surface area contributed by atoms with E-state index in [1.807, 2.05) is 54.3 Å². The maximum atomic E-state index is 9.33. The molecule has 0 amide bonds. The Kier molecular flexibility index (Phi) is 4.63. The molecule has 23 heavy (non-hydrogen) atoms. The third-order valence-corrected chi connectivity index (χ3v) is 3.41. The SMILES string of the molecule is Cc1ccc(-c2cnnc(N(CCO)Cc3ccccc3)n2)o1. The number of hydrogen-bond acceptors (Lipinski definition) is 6. The van der Waals surface area contributed by atoms with Gasteiger partial charge in [0.15, 0.2) is 5.76 Å². The molecule has 0 saturated heterocycles. The highest BCUT2D eigenvalue weighted by molar-refractivity contribution is 5.52. The van der Waals surface area contributed by atoms with Crippen LogP contribution in [0.4, 0.5) is 5.95 Å². The van der Waals surface area contributed by atoms with Gasteiger partial charge in [-0.3, -0.25) is 0 Å². The smallest absolute Gasteiger partial charge is 0.246 e. The van der Waals surface area contributed by atoms with Crippen molar-refractivity contribution in [3.05, 3.63) is 60.0 Å². The topological polar surface area (TPSA) is 75.3 Å². The Morgan fingerprint density at radius 3 is 2.65 bits per heavy atom. The molecule has 0 unspecified atom stereocenters. The summed E-state index contributed by atoms with van der Waals surface area (Å²) in [4.78, 5) is 6.41. The molecule has 1 N–H and O–H groups in total. The second kappa shape index (κ2) is 7.02. The molecule has 0 saturated carbocycles. The van der Waals surface area contributed by atoms with E-state index >= 15 is 0 Å². The van der Waals surface area contributed by atoms with Crippen LogP contribution in [0.2, 0.25) is 0 Å². The van der Waals surface area contributed by atoms with Gasteiger partial charge < -0.3 is 14.4 Å². The molecule has 0 atom stereocenters. The average Bonchev–Trinajstić information content (AvgIpc) is 3.02. The van der Waals surface area contributed by atoms with Gasteiger partial charge >= 0.3 is 0 Å². The van der Waals surface area contributed by atoms with Gasteiger partial charge in [-0.1, -0.05) is 30.3 Å². The summed E-state index contributed by atoms with van der Waals surface area (Å²) in [5, 5.41) is 17.4. The van der Waals surface area contributed by atoms with Gasteiger partial charge in [-0.15, -0.1) is 5.10 Å². The van der Waals surface area contributed by atoms with Crippen molar-refractivity contribution in [2.45, 2.75) is 13.5 Å². The van der Waals surface area contributed by atoms with Crippen molar-refractivity contribution in [3.8, 4) is 11.5 Å². The van der Waals surface area contributed by atoms with Crippen molar-refractivity contribution in [2.24, 2.45) is 0 Å². The lowest BCUT2D eigenvalue weighted by Crippen LogP contribution is -2.28. The molecule has 6 nitrogen and oxygen atoms in total. The predicted molar refractivity (Wildman–Crippen MR) is 86.8 cm³/mol. The van der Waals surface area contributed by atoms with Crippen LogP contribution in [0.5, 0.6) is 0 Å². The summed E-state index contributed by atoms with van der Waals surface area (Å²) in [6.07, 6.45) is 1.57. The van der Waals surface area contributed by atoms with Crippen LogP contribution >= 0.6 is 0 Å². The number of aromatic nitrogens is 3. The van der Waals surface area contributed by atoms with Crippen molar-refractivity contribution in [3.63, 3.8) is 0 Å². The minimum atomic E-state index is 0.0142. The summed E-state index contributed by atoms with van der Waals surface area (Å²) in [7, 11) is 0. The van der Waals surface area contributed by atoms with Gasteiger partial charge in [0.05, 0.1) is 12.8 Å². The van der Waals surface area contributed by atoms with Crippen molar-refractivity contribution >= 4 is 5.95 Å². The van der Waals surface area contributed by atoms with Crippen LogP contribution in [-0.4, -0.2) is 33.4 Å². The first kappa shape index (κ1) is 15.2. The van der Waals surface area contributed by atoms with E-state index in [0.717, 1.165) is 11.3 Å². The normalized spacial score (nSPS) is 10.7. The average molecular weight is 310 g/mol. The molecular formula is C17H18N4O2. The van der Waals surface area contributed by atoms with Crippen molar-refractivity contribution in [2.75, 3.05) is 18.1 Å². The van der Waals surface area contributed by atoms with Gasteiger partial charge in [-0.25, -0.2) is 4.98 Å². The first-order valence-electron chi connectivity index (χ1n) is 7.42. The monoisotopic (exact) mass is 310 g/mol. The molecule has 3 rings (SSSR count). The van der Waals surface area contributed by atoms with E-state index in [4.69, 9.17) is 4.42 Å². The molecule has 0 spiro atoms. The molecule has 118 valence electrons. The van der Waals surface area contributed by atoms with Crippen molar-refractivity contribution in [1.82, 2.24) is 15.2 Å². The van der Waals surface area contributed by atoms with Gasteiger partial charge in [-0.2, -0.15) is 5.10 Å². The Morgan fingerprint density at radius 2 is 1.96 bits per heavy atom. The number of aliphatic hydroxyl groups excluding tert-OH is 1. The molecule has 0 aliphatic carbocycles. The van der Waals surface area contributed by atoms with Gasteiger partial charge in [0.25, 0.3) is 0 Å². The molecule has 3 aromatic rings. The van der Waals surface area contributed by atoms with E-state index in [-0.39, 0.29) is 6.61 Å². The third kappa shape index (κ3) is 3.73. The molecular weight excluding hydrogens is 292 g/mol. The lowest BCUT2D eigenvalue weighted by molar-refractivity contribution is 0.300. The molecule has 1 aromatic carbocycles. The van der Waals surface area contributed by atoms with Crippen LogP contribution in [0.1, 0.15) is 11.3 Å². The zero-order chi connectivity index (χ0) is 16.1. The van der Waals surface area contributed by atoms with Gasteiger partial charge in [0.1, 0.15) is 11.5 Å². The Balaban J connectivity index is 1.87. The minimum absolute atomic E-state index is 0.0142. The van der Waals surface area contributed by atoms with Crippen LogP contribution in [0.3, 0.4) is 0 Å². The highest BCUT2D eigenvalue weighted by Crippen LogP contribution is 2.21. The van der Waals surface area contributed by atoms with Gasteiger partial charge in [0.2, 0.25) is 5.95 Å². The van der Waals surface area contributed by atoms with Gasteiger partial charge in [-0.05, 0) is 24.6 Å². The first-order valence-corrected chi connectivity index (χ1v) is 7.42. The Hall–Kier alpha value is -2.73. The van der Waals surface area contributed by atoms with Crippen LogP contribution in [-0.2, 0) is 6.54 Å². The molecule has 0 radical (unpaired) electrons. The van der Waals surface area contributed by atoms with E-state index in [1.54, 1.807) is 6.20 Å². The molecule has 6 heteroatoms. The maximum Gasteiger partial charge on any atom is 0.246 e. The highest BCUT2D eigenvalue weighted by atomic mass is 16.3. The van der Waals surface area contributed by atoms with Crippen molar-refractivity contribution in [1.29, 1.82) is 0 Å². The van der Waals surface area contributed by atoms with E-state index in [1.165, 1.54) is 0 Å². The number of anilines is 1. The van der Waals surface area contributed by atoms with E-state index in [0.29, 0.717) is 30.5 Å². The zero-order valence-electron chi connectivity index (χ0n) is 12.9. The number of aliphatic hydroxyl groups is 1. The number of hydrogen-bond donors (Lipinski definition) is 1. The fraction of sp³-hybridized carbons (Fsp3) is 0.235. The van der Waals surface area contributed by atoms with Crippen LogP contribution in [0.15, 0.2) is 53.1 Å². The molecule has 2 heterocycles. The van der Waals surface area contributed by atoms with E-state index in [2.05, 4.69) is 15.2 Å². The van der Waals surface area contributed by atoms with Crippen LogP contribution < -0.4 is 4.90 Å². The summed E-state index contributed by atoms with van der Waals surface area (Å²) >= 11 is 0. The summed E-state index contributed by atoms with van der Waals surface area (Å²) in [5.41, 5.74) is 1.74. The fourth-order valence-corrected chi connectivity index (χ4v) is 2.29. The fourth-order valence-electron chi connectivity index (χ4n) is 2.29. The standard InChI is InChI=1S/C17H18N4O2/c1-13-7-8-16(23-13)15-11-18-20-17(19-15)21(9-10-22)12-14-5-3-2-4-6-14/h2-8,11,22H,9-10,12H2,1H3. The maximum absolute atomic E-state index is 9.33. The van der Waals surface area contributed by atoms with E-state index < -0.39 is 0 Å². The highest BCUT2D eigenvalue weighted by Gasteiger charge is 2.13. The number of benzene rings is 1. The minimum Gasteiger partial charge on any atom is -0.460 e. The largest absolute Gasteiger partial charge is 0.460 e. The Bertz CT molecular complexity index is 758. The molecule has 2 aromatic heterocycles. The number of aryl methyl sites for hydroxylation is 1. The number of rotatable bonds is 6. The Labute approximate surface area is 134 Å². The molecule has 0 bridgehead atoms. The van der Waals surface area contributed by atoms with E-state index in [9.17, 15) is 5.11 Å². The quantitative estimate of drug-likeness (QED) is 0.753. The third-order valence-electron chi connectivity index (χ3n) is 3.41. The summed E-state index contributed by atoms with van der Waals surface area (Å²) in [6, 6.07) is 13.7. The molecule has 0 aliphatic rings. The van der Waals surface area contributed by atoms with Crippen molar-refractivity contribution < 1.29 is 9.52 Å².